The topological polar surface area (TPSA) is 38.1 Å². The lowest BCUT2D eigenvalue weighted by molar-refractivity contribution is -0.133. The highest BCUT2D eigenvalue weighted by Gasteiger charge is 2.45. The van der Waals surface area contributed by atoms with Crippen molar-refractivity contribution in [3.05, 3.63) is 77.1 Å². The lowest BCUT2D eigenvalue weighted by Gasteiger charge is -2.35. The number of imidazole rings is 1. The van der Waals surface area contributed by atoms with Gasteiger partial charge in [-0.1, -0.05) is 48.0 Å². The molecule has 2 aliphatic rings. The first-order valence-corrected chi connectivity index (χ1v) is 11.1. The fourth-order valence-electron chi connectivity index (χ4n) is 5.50. The van der Waals surface area contributed by atoms with Crippen LogP contribution in [-0.2, 0) is 10.3 Å². The third kappa shape index (κ3) is 2.81. The van der Waals surface area contributed by atoms with Gasteiger partial charge < -0.3 is 9.47 Å². The summed E-state index contributed by atoms with van der Waals surface area (Å²) in [6.45, 7) is 4.32. The van der Waals surface area contributed by atoms with Crippen molar-refractivity contribution >= 4 is 17.5 Å². The van der Waals surface area contributed by atoms with Crippen molar-refractivity contribution in [2.75, 3.05) is 0 Å². The zero-order valence-corrected chi connectivity index (χ0v) is 18.1. The summed E-state index contributed by atoms with van der Waals surface area (Å²) in [6.07, 6.45) is 7.23. The van der Waals surface area contributed by atoms with E-state index in [0.717, 1.165) is 29.8 Å². The van der Waals surface area contributed by atoms with Gasteiger partial charge in [0.2, 0.25) is 5.91 Å². The van der Waals surface area contributed by atoms with E-state index in [1.807, 2.05) is 24.5 Å². The van der Waals surface area contributed by atoms with E-state index in [9.17, 15) is 4.79 Å². The Labute approximate surface area is 182 Å². The quantitative estimate of drug-likeness (QED) is 0.560. The Hall–Kier alpha value is -2.59. The van der Waals surface area contributed by atoms with Gasteiger partial charge in [0.25, 0.3) is 0 Å². The number of amides is 1. The molecule has 1 amide bonds. The van der Waals surface area contributed by atoms with E-state index in [0.29, 0.717) is 29.9 Å². The highest BCUT2D eigenvalue weighted by molar-refractivity contribution is 6.30. The Morgan fingerprint density at radius 3 is 2.53 bits per heavy atom. The number of aromatic nitrogens is 2. The van der Waals surface area contributed by atoms with Crippen LogP contribution in [0.3, 0.4) is 0 Å². The Bertz CT molecular complexity index is 1080. The zero-order valence-electron chi connectivity index (χ0n) is 17.4. The molecule has 0 N–H and O–H groups in total. The van der Waals surface area contributed by atoms with Gasteiger partial charge in [-0.3, -0.25) is 4.79 Å². The van der Waals surface area contributed by atoms with Crippen LogP contribution in [0.15, 0.2) is 60.9 Å². The highest BCUT2D eigenvalue weighted by atomic mass is 35.5. The number of nitrogens with zero attached hydrogens (tertiary/aromatic N) is 3. The summed E-state index contributed by atoms with van der Waals surface area (Å²) in [4.78, 5) is 20.0. The Kier molecular flexibility index (Phi) is 4.70. The fraction of sp³-hybridized carbons (Fsp3) is 0.360. The maximum absolute atomic E-state index is 13.3. The molecule has 3 heterocycles. The Balaban J connectivity index is 1.59. The molecule has 0 saturated carbocycles. The van der Waals surface area contributed by atoms with Crippen LogP contribution >= 0.6 is 11.6 Å². The van der Waals surface area contributed by atoms with Crippen molar-refractivity contribution in [2.24, 2.45) is 0 Å². The molecule has 1 saturated heterocycles. The molecular weight excluding hydrogens is 394 g/mol. The van der Waals surface area contributed by atoms with Crippen molar-refractivity contribution in [3.63, 3.8) is 0 Å². The predicted molar refractivity (Wildman–Crippen MR) is 120 cm³/mol. The van der Waals surface area contributed by atoms with E-state index in [4.69, 9.17) is 11.6 Å². The van der Waals surface area contributed by atoms with Gasteiger partial charge in [-0.05, 0) is 56.4 Å². The van der Waals surface area contributed by atoms with Crippen LogP contribution in [0.5, 0.6) is 0 Å². The van der Waals surface area contributed by atoms with Gasteiger partial charge in [-0.25, -0.2) is 4.98 Å². The molecule has 30 heavy (non-hydrogen) atoms. The standard InChI is InChI=1S/C25H26ClN3O/c1-17-7-8-18(2)29(17)23(30)13-14-25(19-9-11-20(26)12-10-19)22-6-4-3-5-21(22)24-27-15-16-28(24)25/h3-6,9-12,15-18H,7-8,13-14H2,1-2H3. The van der Waals surface area contributed by atoms with Gasteiger partial charge >= 0.3 is 0 Å². The summed E-state index contributed by atoms with van der Waals surface area (Å²) in [5.74, 6) is 1.20. The first-order valence-electron chi connectivity index (χ1n) is 10.7. The number of fused-ring (bicyclic) bond motifs is 3. The summed E-state index contributed by atoms with van der Waals surface area (Å²) in [5, 5.41) is 0.710. The van der Waals surface area contributed by atoms with Crippen LogP contribution in [0, 0.1) is 0 Å². The minimum absolute atomic E-state index is 0.242. The van der Waals surface area contributed by atoms with Crippen LogP contribution < -0.4 is 0 Å². The smallest absolute Gasteiger partial charge is 0.223 e. The molecule has 1 fully saturated rings. The number of hydrogen-bond acceptors (Lipinski definition) is 2. The molecule has 3 aromatic rings. The predicted octanol–water partition coefficient (Wildman–Crippen LogP) is 5.49. The van der Waals surface area contributed by atoms with E-state index in [2.05, 4.69) is 64.7 Å². The van der Waals surface area contributed by atoms with Gasteiger partial charge in [-0.15, -0.1) is 0 Å². The van der Waals surface area contributed by atoms with E-state index >= 15 is 0 Å². The van der Waals surface area contributed by atoms with Crippen molar-refractivity contribution in [2.45, 2.75) is 57.2 Å². The maximum atomic E-state index is 13.3. The van der Waals surface area contributed by atoms with Crippen molar-refractivity contribution in [3.8, 4) is 11.4 Å². The van der Waals surface area contributed by atoms with E-state index in [1.165, 1.54) is 5.56 Å². The molecule has 2 aromatic carbocycles. The molecule has 1 aromatic heterocycles. The third-order valence-electron chi connectivity index (χ3n) is 6.93. The Morgan fingerprint density at radius 2 is 1.80 bits per heavy atom. The number of carbonyl (C=O) groups excluding carboxylic acids is 1. The Morgan fingerprint density at radius 1 is 1.10 bits per heavy atom. The van der Waals surface area contributed by atoms with Gasteiger partial charge in [0.15, 0.2) is 0 Å². The van der Waals surface area contributed by atoms with Gasteiger partial charge in [0.1, 0.15) is 5.82 Å². The van der Waals surface area contributed by atoms with Crippen LogP contribution in [0.4, 0.5) is 0 Å². The molecule has 0 spiro atoms. The molecule has 4 nitrogen and oxygen atoms in total. The van der Waals surface area contributed by atoms with Gasteiger partial charge in [0.05, 0.1) is 5.54 Å². The summed E-state index contributed by atoms with van der Waals surface area (Å²) < 4.78 is 2.24. The summed E-state index contributed by atoms with van der Waals surface area (Å²) in [5.41, 5.74) is 3.00. The van der Waals surface area contributed by atoms with E-state index in [-0.39, 0.29) is 5.91 Å². The fourth-order valence-corrected chi connectivity index (χ4v) is 5.63. The van der Waals surface area contributed by atoms with E-state index < -0.39 is 5.54 Å². The van der Waals surface area contributed by atoms with Crippen LogP contribution in [0.1, 0.15) is 50.7 Å². The van der Waals surface area contributed by atoms with Crippen molar-refractivity contribution in [1.82, 2.24) is 14.5 Å². The summed E-state index contributed by atoms with van der Waals surface area (Å²) >= 11 is 6.21. The average Bonchev–Trinajstić information content (AvgIpc) is 3.42. The minimum atomic E-state index is -0.463. The lowest BCUT2D eigenvalue weighted by Crippen LogP contribution is -2.40. The average molecular weight is 420 g/mol. The normalized spacial score (nSPS) is 24.7. The number of carbonyl (C=O) groups is 1. The van der Waals surface area contributed by atoms with Gasteiger partial charge in [-0.2, -0.15) is 0 Å². The first-order chi connectivity index (χ1) is 14.5. The second-order valence-electron chi connectivity index (χ2n) is 8.61. The molecule has 0 bridgehead atoms. The number of rotatable bonds is 4. The number of benzene rings is 2. The maximum Gasteiger partial charge on any atom is 0.223 e. The minimum Gasteiger partial charge on any atom is -0.337 e. The van der Waals surface area contributed by atoms with Crippen molar-refractivity contribution in [1.29, 1.82) is 0 Å². The molecular formula is C25H26ClN3O. The monoisotopic (exact) mass is 419 g/mol. The van der Waals surface area contributed by atoms with Gasteiger partial charge in [0, 0.05) is 41.5 Å². The number of likely N-dealkylation sites (tertiary alicyclic amines) is 1. The summed E-state index contributed by atoms with van der Waals surface area (Å²) in [6, 6.07) is 17.1. The van der Waals surface area contributed by atoms with Crippen LogP contribution in [-0.4, -0.2) is 32.4 Å². The molecule has 2 aliphatic heterocycles. The second kappa shape index (κ2) is 7.28. The van der Waals surface area contributed by atoms with Crippen LogP contribution in [0.2, 0.25) is 5.02 Å². The number of hydrogen-bond donors (Lipinski definition) is 0. The lowest BCUT2D eigenvalue weighted by atomic mass is 9.79. The molecule has 3 atom stereocenters. The highest BCUT2D eigenvalue weighted by Crippen LogP contribution is 2.49. The van der Waals surface area contributed by atoms with E-state index in [1.54, 1.807) is 0 Å². The SMILES string of the molecule is CC1CCC(C)N1C(=O)CCC1(c2ccc(Cl)cc2)c2ccccc2-c2nccn21. The second-order valence-corrected chi connectivity index (χ2v) is 9.05. The molecule has 5 heteroatoms. The third-order valence-corrected chi connectivity index (χ3v) is 7.18. The molecule has 3 unspecified atom stereocenters. The first kappa shape index (κ1) is 19.4. The molecule has 0 radical (unpaired) electrons. The number of halogens is 1. The molecule has 5 rings (SSSR count). The van der Waals surface area contributed by atoms with Crippen LogP contribution in [0.25, 0.3) is 11.4 Å². The summed E-state index contributed by atoms with van der Waals surface area (Å²) in [7, 11) is 0. The van der Waals surface area contributed by atoms with Crippen molar-refractivity contribution < 1.29 is 4.79 Å². The molecule has 0 aliphatic carbocycles. The largest absolute Gasteiger partial charge is 0.337 e. The molecule has 154 valence electrons. The zero-order chi connectivity index (χ0) is 20.9.